The molecule has 18 N–H and O–H groups in total. The Balaban J connectivity index is 0.996. The van der Waals surface area contributed by atoms with Crippen LogP contribution in [0.3, 0.4) is 0 Å². The number of hydrogen-bond acceptors (Lipinski definition) is 28. The number of aliphatic hydroxyl groups excluding tert-OH is 4. The molecular weight excluding hydrogens is 1790 g/mol. The van der Waals surface area contributed by atoms with Crippen LogP contribution >= 0.6 is 23.2 Å². The molecule has 7 heterocycles. The monoisotopic (exact) mass is 1890 g/mol. The van der Waals surface area contributed by atoms with E-state index in [4.69, 9.17) is 56.4 Å². The van der Waals surface area contributed by atoms with Gasteiger partial charge < -0.3 is 137 Å². The Morgan fingerprint density at radius 3 is 1.56 bits per heavy atom. The van der Waals surface area contributed by atoms with E-state index in [1.54, 1.807) is 74.6 Å². The Hall–Kier alpha value is -13.2. The largest absolute Gasteiger partial charge is 0.508 e. The molecule has 0 saturated carbocycles. The summed E-state index contributed by atoms with van der Waals surface area (Å²) in [6, 6.07) is 19.6. The second-order valence-electron chi connectivity index (χ2n) is 34.2. The molecule has 0 radical (unpaired) electrons. The summed E-state index contributed by atoms with van der Waals surface area (Å²) in [7, 11) is 8.86. The van der Waals surface area contributed by atoms with Crippen molar-refractivity contribution in [1.82, 2.24) is 62.6 Å². The lowest BCUT2D eigenvalue weighted by Gasteiger charge is -2.42. The van der Waals surface area contributed by atoms with Crippen molar-refractivity contribution >= 4 is 70.5 Å². The van der Waals surface area contributed by atoms with Crippen LogP contribution in [-0.2, 0) is 56.2 Å². The molecule has 8 amide bonds. The number of nitrogens with zero attached hydrogens (tertiary/aromatic N) is 3. The number of amides is 8. The van der Waals surface area contributed by atoms with E-state index in [0.29, 0.717) is 61.8 Å². The summed E-state index contributed by atoms with van der Waals surface area (Å²) in [6.45, 7) is 5.90. The number of rotatable bonds is 26. The average Bonchev–Trinajstić information content (AvgIpc) is 1.73. The summed E-state index contributed by atoms with van der Waals surface area (Å²) in [4.78, 5) is 133. The number of phenolic OH excluding ortho intramolecular Hbond substituents is 5. The third-order valence-electron chi connectivity index (χ3n) is 23.6. The summed E-state index contributed by atoms with van der Waals surface area (Å²) < 4.78 is 45.8. The van der Waals surface area contributed by atoms with E-state index in [9.17, 15) is 50.8 Å². The first-order valence-corrected chi connectivity index (χ1v) is 44.9. The number of nitrogens with one attached hydrogen (secondary N) is 9. The minimum atomic E-state index is -2.44. The minimum absolute atomic E-state index is 0.0235. The SMILES string of the molecule is CCCCOc1ccc(CN[C@@H]2[C@@H](Oc3c4cc5cc3Oc3ccc(cc3Cl)C(O)C3NC(=O)C(N(C)Cc6ccc(OCCCC)cc6)c6ccc(O)c(c6)Oc6cc(O)cc(c6)C(NC3=O)C(=O)NC5C(=O)NC3C(=O)NC(C(=O)NC(C(=O)NCCCN(C)C)c5cc(O)cc(O)c5-c5c(O)cccc53)C(O)c3ccc(c(Cl)c3)O4)OC(C(=O)NCCCN(C)C)[C@H](O)[C@H]2O)cc1. The van der Waals surface area contributed by atoms with Crippen molar-refractivity contribution in [3.63, 3.8) is 0 Å². The summed E-state index contributed by atoms with van der Waals surface area (Å²) in [5.74, 6) is -15.2. The van der Waals surface area contributed by atoms with Crippen LogP contribution in [0.1, 0.15) is 145 Å². The van der Waals surface area contributed by atoms with Crippen LogP contribution in [0, 0.1) is 0 Å². The Morgan fingerprint density at radius 2 is 0.978 bits per heavy atom. The minimum Gasteiger partial charge on any atom is -0.508 e. The molecule has 135 heavy (non-hydrogen) atoms. The fourth-order valence-electron chi connectivity index (χ4n) is 16.5. The number of aromatic hydroxyl groups is 5. The van der Waals surface area contributed by atoms with Gasteiger partial charge in [0.2, 0.25) is 53.4 Å². The molecule has 9 aromatic rings. The molecule has 7 aliphatic heterocycles. The molecular formula is C97H108Cl2N12O24. The fourth-order valence-corrected chi connectivity index (χ4v) is 17.0. The van der Waals surface area contributed by atoms with Crippen molar-refractivity contribution < 1.29 is 117 Å². The van der Waals surface area contributed by atoms with Crippen LogP contribution < -0.4 is 76.3 Å². The molecule has 15 bridgehead atoms. The summed E-state index contributed by atoms with van der Waals surface area (Å²) in [5, 5.41) is 135. The Labute approximate surface area is 787 Å². The molecule has 9 aromatic carbocycles. The maximum absolute atomic E-state index is 17.1. The molecule has 16 rings (SSSR count). The van der Waals surface area contributed by atoms with Gasteiger partial charge in [-0.3, -0.25) is 43.3 Å². The highest BCUT2D eigenvalue weighted by molar-refractivity contribution is 6.32. The fraction of sp³-hybridized carbons (Fsp3) is 0.361. The van der Waals surface area contributed by atoms with Crippen LogP contribution in [0.5, 0.6) is 80.5 Å². The second-order valence-corrected chi connectivity index (χ2v) is 35.0. The van der Waals surface area contributed by atoms with E-state index >= 15 is 33.6 Å². The lowest BCUT2D eigenvalue weighted by atomic mass is 9.87. The second kappa shape index (κ2) is 43.4. The summed E-state index contributed by atoms with van der Waals surface area (Å²) in [5.41, 5.74) is -1.75. The van der Waals surface area contributed by atoms with E-state index in [1.807, 2.05) is 37.7 Å². The van der Waals surface area contributed by atoms with E-state index < -0.39 is 211 Å². The predicted molar refractivity (Wildman–Crippen MR) is 492 cm³/mol. The number of halogens is 2. The van der Waals surface area contributed by atoms with Gasteiger partial charge in [0.25, 0.3) is 5.91 Å². The van der Waals surface area contributed by atoms with Crippen LogP contribution in [0.2, 0.25) is 10.0 Å². The van der Waals surface area contributed by atoms with Gasteiger partial charge in [-0.2, -0.15) is 0 Å². The lowest BCUT2D eigenvalue weighted by Crippen LogP contribution is -2.66. The smallest absolute Gasteiger partial charge is 0.252 e. The number of ether oxygens (including phenoxy) is 7. The zero-order valence-corrected chi connectivity index (χ0v) is 76.3. The highest BCUT2D eigenvalue weighted by atomic mass is 35.5. The maximum atomic E-state index is 17.1. The molecule has 1 saturated heterocycles. The van der Waals surface area contributed by atoms with Crippen LogP contribution in [-0.4, -0.2) is 225 Å². The standard InChI is InChI=1S/C97H108Cl2N12O24/c1-8-10-35-129-58-24-17-49(18-25-58)47-102-81-85(119)86(120)88(96(128)101-32-14-34-110(5)6)135-97(81)134-87-71-42-55-43-72(87)133-69-30-23-53(40-64(69)99)84(118)80-93(125)104-75(54-37-56(112)44-60(38-54)131-70-41-51(21-28-65(70)114)82(95(127)108-80)111(7)48-50-19-26-59(27-20-50)130-36-11-9-2)90(122)103-76(55)91(123)105-77-61-15-12-16-66(115)73(61)74-62(45-57(113)46-67(74)116)78(89(121)100-31-13-33-109(3)4)106-94(126)79(107-92(77)124)83(117)52-22-29-68(132-71)63(98)39-52/h12,15-30,37-46,75-86,88,97,102,112-120H,8-11,13-14,31-36,47-48H2,1-7H3,(H,100,121)(H,101,128)(H,103,122)(H,104,125)(H,105,123)(H,106,126)(H,107,124)(H,108,127)/t75?,76?,77?,78?,79?,80?,81-,82?,83?,84?,85-,86+,88?,97-/m0/s1. The normalized spacial score (nSPS) is 22.2. The van der Waals surface area contributed by atoms with Crippen LogP contribution in [0.4, 0.5) is 0 Å². The van der Waals surface area contributed by atoms with E-state index in [2.05, 4.69) is 47.9 Å². The number of unbranched alkanes of at least 4 members (excludes halogenated alkanes) is 2. The zero-order valence-electron chi connectivity index (χ0n) is 74.8. The number of aliphatic hydroxyl groups is 4. The summed E-state index contributed by atoms with van der Waals surface area (Å²) >= 11 is 14.8. The van der Waals surface area contributed by atoms with Gasteiger partial charge >= 0.3 is 0 Å². The van der Waals surface area contributed by atoms with Crippen molar-refractivity contribution in [1.29, 1.82) is 0 Å². The quantitative estimate of drug-likeness (QED) is 0.0226. The molecule has 10 unspecified atom stereocenters. The third kappa shape index (κ3) is 22.9. The number of likely N-dealkylation sites (N-methyl/N-ethyl adjacent to an activating group) is 1. The summed E-state index contributed by atoms with van der Waals surface area (Å²) in [6.07, 6.45) is -8.14. The predicted octanol–water partition coefficient (Wildman–Crippen LogP) is 8.34. The van der Waals surface area contributed by atoms with Gasteiger partial charge in [0, 0.05) is 49.4 Å². The molecule has 0 aromatic heterocycles. The van der Waals surface area contributed by atoms with Crippen molar-refractivity contribution in [3.05, 3.63) is 224 Å². The van der Waals surface area contributed by atoms with Crippen molar-refractivity contribution in [2.24, 2.45) is 0 Å². The Kier molecular flexibility index (Phi) is 31.4. The molecule has 36 nitrogen and oxygen atoms in total. The molecule has 714 valence electrons. The van der Waals surface area contributed by atoms with Gasteiger partial charge in [0.15, 0.2) is 29.1 Å². The van der Waals surface area contributed by atoms with Gasteiger partial charge in [0.1, 0.15) is 118 Å². The molecule has 14 atom stereocenters. The number of carbonyl (C=O) groups is 8. The van der Waals surface area contributed by atoms with Crippen molar-refractivity contribution in [2.45, 2.75) is 151 Å². The van der Waals surface area contributed by atoms with Crippen molar-refractivity contribution in [3.8, 4) is 91.6 Å². The Bertz CT molecular complexity index is 5880. The number of benzene rings is 9. The highest BCUT2D eigenvalue weighted by Gasteiger charge is 2.51. The van der Waals surface area contributed by atoms with Gasteiger partial charge in [-0.05, 0) is 221 Å². The van der Waals surface area contributed by atoms with Gasteiger partial charge in [-0.1, -0.05) is 104 Å². The van der Waals surface area contributed by atoms with Crippen LogP contribution in [0.25, 0.3) is 11.1 Å². The molecule has 1 fully saturated rings. The van der Waals surface area contributed by atoms with Gasteiger partial charge in [-0.15, -0.1) is 0 Å². The molecule has 0 aliphatic carbocycles. The Morgan fingerprint density at radius 1 is 0.459 bits per heavy atom. The number of carbonyl (C=O) groups excluding carboxylic acids is 8. The number of phenols is 5. The average molecular weight is 1900 g/mol. The molecule has 0 spiro atoms. The van der Waals surface area contributed by atoms with Gasteiger partial charge in [0.05, 0.1) is 29.3 Å². The van der Waals surface area contributed by atoms with E-state index in [0.717, 1.165) is 74.2 Å². The first-order valence-electron chi connectivity index (χ1n) is 44.2. The molecule has 38 heteroatoms. The molecule has 7 aliphatic rings. The first kappa shape index (κ1) is 97.8. The van der Waals surface area contributed by atoms with Gasteiger partial charge in [-0.25, -0.2) is 0 Å². The maximum Gasteiger partial charge on any atom is 0.252 e. The lowest BCUT2D eigenvalue weighted by molar-refractivity contribution is -0.235. The topological polar surface area (TPSA) is 501 Å². The third-order valence-corrected chi connectivity index (χ3v) is 24.1. The van der Waals surface area contributed by atoms with E-state index in [1.165, 1.54) is 66.7 Å². The number of fused-ring (bicyclic) bond motifs is 13. The van der Waals surface area contributed by atoms with Crippen LogP contribution in [0.15, 0.2) is 164 Å². The van der Waals surface area contributed by atoms with E-state index in [-0.39, 0.29) is 76.5 Å². The first-order chi connectivity index (χ1) is 64.7. The number of hydrogen-bond donors (Lipinski definition) is 18. The highest BCUT2D eigenvalue weighted by Crippen LogP contribution is 2.51. The zero-order chi connectivity index (χ0) is 96.3. The van der Waals surface area contributed by atoms with Crippen molar-refractivity contribution in [2.75, 3.05) is 74.6 Å².